The zero-order chi connectivity index (χ0) is 22.4. The predicted molar refractivity (Wildman–Crippen MR) is 136 cm³/mol. The van der Waals surface area contributed by atoms with Crippen LogP contribution < -0.4 is 0 Å². The van der Waals surface area contributed by atoms with E-state index < -0.39 is 0 Å². The van der Waals surface area contributed by atoms with Crippen LogP contribution in [0, 0.1) is 52.3 Å². The summed E-state index contributed by atoms with van der Waals surface area (Å²) in [5.74, 6) is 6.33. The van der Waals surface area contributed by atoms with Crippen molar-refractivity contribution in [2.45, 2.75) is 112 Å². The van der Waals surface area contributed by atoms with Gasteiger partial charge in [0.2, 0.25) is 0 Å². The summed E-state index contributed by atoms with van der Waals surface area (Å²) in [6, 6.07) is 0. The summed E-state index contributed by atoms with van der Waals surface area (Å²) in [5.41, 5.74) is 3.76. The molecule has 0 bridgehead atoms. The largest absolute Gasteiger partial charge is 0.124 e. The van der Waals surface area contributed by atoms with Crippen LogP contribution in [0.15, 0.2) is 23.7 Å². The molecule has 4 aliphatic carbocycles. The Morgan fingerprint density at radius 3 is 2.55 bits per heavy atom. The van der Waals surface area contributed by atoms with E-state index in [0.29, 0.717) is 10.8 Å². The van der Waals surface area contributed by atoms with E-state index in [2.05, 4.69) is 47.3 Å². The second-order valence-corrected chi connectivity index (χ2v) is 13.3. The standard InChI is InChI=1S/C30H49B/c1-20(2)8-7-9-21(3)26-12-13-27-25-11-10-24-19-23(18-22(4)31)14-16-29(24,5)28(25)15-17-30(26,27)6/h10,20-21,23,25-28H,4,7-9,11-19H2,1-3,5-6H3/t21-,23-,25?,26?,27?,28?,29+,30-/m1/s1. The van der Waals surface area contributed by atoms with Crippen LogP contribution in [0.2, 0.25) is 0 Å². The molecular weight excluding hydrogens is 371 g/mol. The van der Waals surface area contributed by atoms with Crippen molar-refractivity contribution in [1.29, 1.82) is 0 Å². The van der Waals surface area contributed by atoms with Crippen LogP contribution in [0.4, 0.5) is 0 Å². The molecule has 2 radical (unpaired) electrons. The van der Waals surface area contributed by atoms with Crippen LogP contribution in [0.5, 0.6) is 0 Å². The molecule has 4 unspecified atom stereocenters. The first kappa shape index (κ1) is 23.7. The second kappa shape index (κ2) is 9.06. The Kier molecular flexibility index (Phi) is 6.93. The summed E-state index contributed by atoms with van der Waals surface area (Å²) >= 11 is 0. The van der Waals surface area contributed by atoms with E-state index in [-0.39, 0.29) is 0 Å². The molecule has 172 valence electrons. The third-order valence-corrected chi connectivity index (χ3v) is 11.0. The topological polar surface area (TPSA) is 0 Å². The van der Waals surface area contributed by atoms with Crippen LogP contribution in [-0.2, 0) is 0 Å². The van der Waals surface area contributed by atoms with Gasteiger partial charge in [-0.25, -0.2) is 0 Å². The van der Waals surface area contributed by atoms with Crippen molar-refractivity contribution in [1.82, 2.24) is 0 Å². The Bertz CT molecular complexity index is 689. The van der Waals surface area contributed by atoms with E-state index in [1.54, 1.807) is 5.57 Å². The van der Waals surface area contributed by atoms with Crippen LogP contribution >= 0.6 is 0 Å². The quantitative estimate of drug-likeness (QED) is 0.285. The molecule has 0 amide bonds. The molecule has 31 heavy (non-hydrogen) atoms. The number of hydrogen-bond acceptors (Lipinski definition) is 0. The molecule has 0 N–H and O–H groups in total. The monoisotopic (exact) mass is 420 g/mol. The van der Waals surface area contributed by atoms with E-state index >= 15 is 0 Å². The first-order chi connectivity index (χ1) is 14.6. The fraction of sp³-hybridized carbons (Fsp3) is 0.867. The third kappa shape index (κ3) is 4.38. The molecule has 1 heteroatoms. The lowest BCUT2D eigenvalue weighted by atomic mass is 9.46. The highest BCUT2D eigenvalue weighted by atomic mass is 14.6. The van der Waals surface area contributed by atoms with Crippen LogP contribution in [0.3, 0.4) is 0 Å². The van der Waals surface area contributed by atoms with Gasteiger partial charge in [-0.15, -0.1) is 12.1 Å². The highest BCUT2D eigenvalue weighted by molar-refractivity contribution is 6.21. The smallest absolute Gasteiger partial charge is 0.106 e. The molecule has 3 fully saturated rings. The van der Waals surface area contributed by atoms with Crippen molar-refractivity contribution in [3.63, 3.8) is 0 Å². The van der Waals surface area contributed by atoms with Gasteiger partial charge in [0.15, 0.2) is 0 Å². The maximum Gasteiger partial charge on any atom is 0.106 e. The van der Waals surface area contributed by atoms with Crippen LogP contribution in [-0.4, -0.2) is 7.85 Å². The van der Waals surface area contributed by atoms with Crippen LogP contribution in [0.25, 0.3) is 0 Å². The lowest BCUT2D eigenvalue weighted by Crippen LogP contribution is -2.50. The average Bonchev–Trinajstić information content (AvgIpc) is 3.05. The van der Waals surface area contributed by atoms with Crippen LogP contribution in [0.1, 0.15) is 112 Å². The Morgan fingerprint density at radius 2 is 1.84 bits per heavy atom. The molecule has 4 rings (SSSR count). The Hall–Kier alpha value is -0.455. The van der Waals surface area contributed by atoms with Gasteiger partial charge in [-0.05, 0) is 110 Å². The van der Waals surface area contributed by atoms with Crippen molar-refractivity contribution in [3.05, 3.63) is 23.7 Å². The zero-order valence-corrected chi connectivity index (χ0v) is 21.4. The molecular formula is C30H49B. The van der Waals surface area contributed by atoms with Crippen molar-refractivity contribution in [3.8, 4) is 0 Å². The summed E-state index contributed by atoms with van der Waals surface area (Å²) in [5, 5.41) is 0. The summed E-state index contributed by atoms with van der Waals surface area (Å²) in [4.78, 5) is 0. The summed E-state index contributed by atoms with van der Waals surface area (Å²) in [6.07, 6.45) is 19.4. The van der Waals surface area contributed by atoms with Gasteiger partial charge >= 0.3 is 0 Å². The second-order valence-electron chi connectivity index (χ2n) is 13.3. The van der Waals surface area contributed by atoms with Gasteiger partial charge < -0.3 is 0 Å². The molecule has 0 nitrogen and oxygen atoms in total. The van der Waals surface area contributed by atoms with Crippen molar-refractivity contribution >= 4 is 7.85 Å². The fourth-order valence-electron chi connectivity index (χ4n) is 9.31. The van der Waals surface area contributed by atoms with Crippen molar-refractivity contribution < 1.29 is 0 Å². The normalized spacial score (nSPS) is 43.0. The molecule has 0 heterocycles. The minimum atomic E-state index is 0.470. The minimum absolute atomic E-state index is 0.470. The van der Waals surface area contributed by atoms with Gasteiger partial charge in [0.25, 0.3) is 0 Å². The third-order valence-electron chi connectivity index (χ3n) is 11.0. The highest BCUT2D eigenvalue weighted by Crippen LogP contribution is 2.67. The molecule has 8 atom stereocenters. The minimum Gasteiger partial charge on any atom is -0.124 e. The Labute approximate surface area is 195 Å². The first-order valence-corrected chi connectivity index (χ1v) is 13.8. The van der Waals surface area contributed by atoms with E-state index in [0.717, 1.165) is 53.3 Å². The van der Waals surface area contributed by atoms with Gasteiger partial charge in [-0.2, -0.15) is 0 Å². The number of allylic oxidation sites excluding steroid dienone is 3. The average molecular weight is 421 g/mol. The van der Waals surface area contributed by atoms with Gasteiger partial charge in [0.1, 0.15) is 7.85 Å². The van der Waals surface area contributed by atoms with Gasteiger partial charge in [0.05, 0.1) is 0 Å². The van der Waals surface area contributed by atoms with Crippen molar-refractivity contribution in [2.24, 2.45) is 52.3 Å². The fourth-order valence-corrected chi connectivity index (χ4v) is 9.31. The number of rotatable bonds is 7. The molecule has 3 saturated carbocycles. The Morgan fingerprint density at radius 1 is 1.06 bits per heavy atom. The number of fused-ring (bicyclic) bond motifs is 5. The summed E-state index contributed by atoms with van der Waals surface area (Å²) in [6.45, 7) is 16.7. The molecule has 0 aromatic carbocycles. The van der Waals surface area contributed by atoms with E-state index in [1.165, 1.54) is 70.6 Å². The molecule has 0 spiro atoms. The SMILES string of the molecule is [B]C(=C)C[C@H]1CC[C@@]2(C)C(=CCC3C4CCC([C@H](C)CCCC(C)C)[C@@]4(C)CCC32)C1. The lowest BCUT2D eigenvalue weighted by molar-refractivity contribution is -0.0526. The van der Waals surface area contributed by atoms with Gasteiger partial charge in [0, 0.05) is 0 Å². The maximum absolute atomic E-state index is 5.97. The molecule has 0 aromatic rings. The van der Waals surface area contributed by atoms with E-state index in [9.17, 15) is 0 Å². The summed E-state index contributed by atoms with van der Waals surface area (Å²) < 4.78 is 0. The van der Waals surface area contributed by atoms with E-state index in [1.807, 2.05) is 0 Å². The molecule has 0 aromatic heterocycles. The molecule has 0 aliphatic heterocycles. The maximum atomic E-state index is 5.97. The van der Waals surface area contributed by atoms with Crippen molar-refractivity contribution in [2.75, 3.05) is 0 Å². The lowest BCUT2D eigenvalue weighted by Gasteiger charge is -2.58. The zero-order valence-electron chi connectivity index (χ0n) is 21.4. The van der Waals surface area contributed by atoms with Gasteiger partial charge in [-0.1, -0.05) is 65.5 Å². The summed E-state index contributed by atoms with van der Waals surface area (Å²) in [7, 11) is 5.97. The first-order valence-electron chi connectivity index (χ1n) is 13.8. The molecule has 0 saturated heterocycles. The highest BCUT2D eigenvalue weighted by Gasteiger charge is 2.59. The Balaban J connectivity index is 1.47. The van der Waals surface area contributed by atoms with Gasteiger partial charge in [-0.3, -0.25) is 0 Å². The number of hydrogen-bond donors (Lipinski definition) is 0. The van der Waals surface area contributed by atoms with E-state index in [4.69, 9.17) is 7.85 Å². The molecule has 4 aliphatic rings. The predicted octanol–water partition coefficient (Wildman–Crippen LogP) is 8.72.